The Morgan fingerprint density at radius 1 is 0.917 bits per heavy atom. The van der Waals surface area contributed by atoms with E-state index in [2.05, 4.69) is 6.92 Å². The van der Waals surface area contributed by atoms with Crippen molar-refractivity contribution in [2.45, 2.75) is 26.2 Å². The first kappa shape index (κ1) is 17.7. The van der Waals surface area contributed by atoms with Crippen molar-refractivity contribution in [1.82, 2.24) is 0 Å². The first-order valence-electron chi connectivity index (χ1n) is 8.14. The summed E-state index contributed by atoms with van der Waals surface area (Å²) in [4.78, 5) is 23.6. The molecule has 4 heteroatoms. The smallest absolute Gasteiger partial charge is 0.306 e. The van der Waals surface area contributed by atoms with Gasteiger partial charge in [0.2, 0.25) is 0 Å². The summed E-state index contributed by atoms with van der Waals surface area (Å²) in [5, 5.41) is 0. The van der Waals surface area contributed by atoms with Gasteiger partial charge in [0.15, 0.2) is 5.78 Å². The number of carbonyl (C=O) groups excluding carboxylic acids is 2. The van der Waals surface area contributed by atoms with Crippen LogP contribution in [0, 0.1) is 0 Å². The van der Waals surface area contributed by atoms with Crippen molar-refractivity contribution < 1.29 is 19.1 Å². The highest BCUT2D eigenvalue weighted by atomic mass is 16.6. The second kappa shape index (κ2) is 9.50. The quantitative estimate of drug-likeness (QED) is 0.399. The fraction of sp³-hybridized carbons (Fsp3) is 0.300. The molecule has 0 aliphatic carbocycles. The summed E-state index contributed by atoms with van der Waals surface area (Å²) in [6, 6.07) is 16.8. The average Bonchev–Trinajstić information content (AvgIpc) is 2.64. The van der Waals surface area contributed by atoms with E-state index in [1.54, 1.807) is 24.3 Å². The summed E-state index contributed by atoms with van der Waals surface area (Å²) in [5.41, 5.74) is 1.81. The molecule has 4 nitrogen and oxygen atoms in total. The summed E-state index contributed by atoms with van der Waals surface area (Å²) in [7, 11) is 0. The van der Waals surface area contributed by atoms with Crippen LogP contribution in [0.2, 0.25) is 0 Å². The summed E-state index contributed by atoms with van der Waals surface area (Å²) in [6.45, 7) is 2.55. The predicted octanol–water partition coefficient (Wildman–Crippen LogP) is 3.83. The van der Waals surface area contributed by atoms with E-state index in [9.17, 15) is 9.59 Å². The lowest BCUT2D eigenvalue weighted by Gasteiger charge is -2.08. The van der Waals surface area contributed by atoms with Gasteiger partial charge in [0.25, 0.3) is 0 Å². The molecular weight excluding hydrogens is 304 g/mol. The molecule has 126 valence electrons. The molecule has 0 heterocycles. The molecule has 0 saturated carbocycles. The molecule has 0 aliphatic rings. The van der Waals surface area contributed by atoms with Crippen molar-refractivity contribution in [3.05, 3.63) is 65.7 Å². The maximum atomic E-state index is 11.9. The Morgan fingerprint density at radius 2 is 1.71 bits per heavy atom. The molecule has 0 unspecified atom stereocenters. The summed E-state index contributed by atoms with van der Waals surface area (Å²) >= 11 is 0. The zero-order valence-corrected chi connectivity index (χ0v) is 13.9. The van der Waals surface area contributed by atoms with Crippen LogP contribution in [0.1, 0.15) is 35.7 Å². The van der Waals surface area contributed by atoms with E-state index in [-0.39, 0.29) is 31.2 Å². The van der Waals surface area contributed by atoms with Crippen molar-refractivity contribution in [1.29, 1.82) is 0 Å². The Hall–Kier alpha value is -2.62. The number of hydrogen-bond donors (Lipinski definition) is 0. The van der Waals surface area contributed by atoms with Crippen LogP contribution in [-0.2, 0) is 16.0 Å². The second-order valence-electron chi connectivity index (χ2n) is 5.36. The molecule has 0 amide bonds. The SMILES string of the molecule is CCc1cccc(OCCOC(=O)CCC(=O)c2ccccc2)c1. The van der Waals surface area contributed by atoms with Crippen LogP contribution in [0.15, 0.2) is 54.6 Å². The van der Waals surface area contributed by atoms with Crippen molar-refractivity contribution >= 4 is 11.8 Å². The van der Waals surface area contributed by atoms with Crippen molar-refractivity contribution in [3.63, 3.8) is 0 Å². The fourth-order valence-corrected chi connectivity index (χ4v) is 2.23. The average molecular weight is 326 g/mol. The molecule has 2 aromatic carbocycles. The first-order chi connectivity index (χ1) is 11.7. The van der Waals surface area contributed by atoms with Gasteiger partial charge >= 0.3 is 5.97 Å². The zero-order chi connectivity index (χ0) is 17.2. The highest BCUT2D eigenvalue weighted by Crippen LogP contribution is 2.13. The van der Waals surface area contributed by atoms with Gasteiger partial charge in [0.05, 0.1) is 6.42 Å². The van der Waals surface area contributed by atoms with E-state index in [0.717, 1.165) is 12.2 Å². The zero-order valence-electron chi connectivity index (χ0n) is 13.9. The number of Topliss-reactive ketones (excluding diaryl/α,β-unsaturated/α-hetero) is 1. The van der Waals surface area contributed by atoms with E-state index in [0.29, 0.717) is 12.2 Å². The van der Waals surface area contributed by atoms with Crippen LogP contribution < -0.4 is 4.74 Å². The highest BCUT2D eigenvalue weighted by molar-refractivity contribution is 5.97. The molecule has 0 radical (unpaired) electrons. The van der Waals surface area contributed by atoms with Crippen LogP contribution in [0.3, 0.4) is 0 Å². The lowest BCUT2D eigenvalue weighted by Crippen LogP contribution is -2.13. The van der Waals surface area contributed by atoms with E-state index < -0.39 is 0 Å². The Kier molecular flexibility index (Phi) is 7.02. The Labute approximate surface area is 142 Å². The molecule has 0 aromatic heterocycles. The van der Waals surface area contributed by atoms with Gasteiger partial charge in [-0.05, 0) is 24.1 Å². The molecule has 0 aliphatic heterocycles. The van der Waals surface area contributed by atoms with Gasteiger partial charge in [-0.25, -0.2) is 0 Å². The molecule has 0 spiro atoms. The number of ketones is 1. The lowest BCUT2D eigenvalue weighted by molar-refractivity contribution is -0.144. The first-order valence-corrected chi connectivity index (χ1v) is 8.14. The van der Waals surface area contributed by atoms with Crippen molar-refractivity contribution in [3.8, 4) is 5.75 Å². The molecule has 24 heavy (non-hydrogen) atoms. The van der Waals surface area contributed by atoms with Crippen LogP contribution in [0.4, 0.5) is 0 Å². The number of hydrogen-bond acceptors (Lipinski definition) is 4. The van der Waals surface area contributed by atoms with Crippen LogP contribution in [0.5, 0.6) is 5.75 Å². The van der Waals surface area contributed by atoms with Gasteiger partial charge in [-0.1, -0.05) is 49.4 Å². The summed E-state index contributed by atoms with van der Waals surface area (Å²) in [5.74, 6) is 0.329. The topological polar surface area (TPSA) is 52.6 Å². The van der Waals surface area contributed by atoms with E-state index in [1.807, 2.05) is 30.3 Å². The van der Waals surface area contributed by atoms with E-state index >= 15 is 0 Å². The Balaban J connectivity index is 1.63. The number of ether oxygens (including phenoxy) is 2. The third-order valence-corrected chi connectivity index (χ3v) is 3.57. The summed E-state index contributed by atoms with van der Waals surface area (Å²) < 4.78 is 10.6. The van der Waals surface area contributed by atoms with Gasteiger partial charge in [-0.3, -0.25) is 9.59 Å². The number of benzene rings is 2. The lowest BCUT2D eigenvalue weighted by atomic mass is 10.1. The molecular formula is C20H22O4. The maximum absolute atomic E-state index is 11.9. The Bertz CT molecular complexity index is 664. The molecule has 0 saturated heterocycles. The molecule has 0 atom stereocenters. The number of aryl methyl sites for hydroxylation is 1. The highest BCUT2D eigenvalue weighted by Gasteiger charge is 2.09. The predicted molar refractivity (Wildman–Crippen MR) is 92.3 cm³/mol. The Morgan fingerprint density at radius 3 is 2.46 bits per heavy atom. The fourth-order valence-electron chi connectivity index (χ4n) is 2.23. The molecule has 0 N–H and O–H groups in total. The van der Waals surface area contributed by atoms with E-state index in [1.165, 1.54) is 5.56 Å². The van der Waals surface area contributed by atoms with Crippen molar-refractivity contribution in [2.75, 3.05) is 13.2 Å². The summed E-state index contributed by atoms with van der Waals surface area (Å²) in [6.07, 6.45) is 1.18. The monoisotopic (exact) mass is 326 g/mol. The maximum Gasteiger partial charge on any atom is 0.306 e. The van der Waals surface area contributed by atoms with Crippen LogP contribution in [-0.4, -0.2) is 25.0 Å². The third-order valence-electron chi connectivity index (χ3n) is 3.57. The number of rotatable bonds is 9. The van der Waals surface area contributed by atoms with Gasteiger partial charge in [0.1, 0.15) is 19.0 Å². The normalized spacial score (nSPS) is 10.2. The molecule has 2 aromatic rings. The number of carbonyl (C=O) groups is 2. The van der Waals surface area contributed by atoms with E-state index in [4.69, 9.17) is 9.47 Å². The van der Waals surface area contributed by atoms with Gasteiger partial charge in [-0.2, -0.15) is 0 Å². The van der Waals surface area contributed by atoms with Gasteiger partial charge < -0.3 is 9.47 Å². The standard InChI is InChI=1S/C20H22O4/c1-2-16-7-6-10-18(15-16)23-13-14-24-20(22)12-11-19(21)17-8-4-3-5-9-17/h3-10,15H,2,11-14H2,1H3. The second-order valence-corrected chi connectivity index (χ2v) is 5.36. The van der Waals surface area contributed by atoms with Crippen LogP contribution in [0.25, 0.3) is 0 Å². The minimum absolute atomic E-state index is 0.0554. The third kappa shape index (κ3) is 5.88. The largest absolute Gasteiger partial charge is 0.490 e. The van der Waals surface area contributed by atoms with Gasteiger partial charge in [0, 0.05) is 12.0 Å². The minimum Gasteiger partial charge on any atom is -0.490 e. The van der Waals surface area contributed by atoms with Gasteiger partial charge in [-0.15, -0.1) is 0 Å². The molecule has 2 rings (SSSR count). The molecule has 0 bridgehead atoms. The molecule has 0 fully saturated rings. The van der Waals surface area contributed by atoms with Crippen molar-refractivity contribution in [2.24, 2.45) is 0 Å². The minimum atomic E-state index is -0.384. The van der Waals surface area contributed by atoms with Crippen LogP contribution >= 0.6 is 0 Å². The number of esters is 1.